The Bertz CT molecular complexity index is 268. The summed E-state index contributed by atoms with van der Waals surface area (Å²) in [7, 11) is 0. The first-order valence-corrected chi connectivity index (χ1v) is 5.65. The van der Waals surface area contributed by atoms with Gasteiger partial charge in [-0.2, -0.15) is 0 Å². The zero-order valence-corrected chi connectivity index (χ0v) is 10.4. The minimum Gasteiger partial charge on any atom is -0.460 e. The number of rotatable bonds is 7. The third kappa shape index (κ3) is 6.23. The lowest BCUT2D eigenvalue weighted by Gasteiger charge is -2.14. The van der Waals surface area contributed by atoms with Gasteiger partial charge in [-0.15, -0.1) is 0 Å². The molecular formula is C10H14BrNO4. The number of nitrogens with one attached hydrogen (secondary N) is 1. The molecule has 0 radical (unpaired) electrons. The van der Waals surface area contributed by atoms with E-state index in [9.17, 15) is 9.59 Å². The van der Waals surface area contributed by atoms with E-state index >= 15 is 0 Å². The lowest BCUT2D eigenvalue weighted by atomic mass is 10.3. The highest BCUT2D eigenvalue weighted by atomic mass is 79.9. The van der Waals surface area contributed by atoms with Crippen LogP contribution in [0.3, 0.4) is 0 Å². The first kappa shape index (κ1) is 14.7. The fourth-order valence-corrected chi connectivity index (χ4v) is 1.15. The Morgan fingerprint density at radius 3 is 2.31 bits per heavy atom. The molecule has 0 bridgehead atoms. The summed E-state index contributed by atoms with van der Waals surface area (Å²) in [5, 5.41) is 2.59. The lowest BCUT2D eigenvalue weighted by Crippen LogP contribution is -2.43. The maximum Gasteiger partial charge on any atom is 0.408 e. The molecule has 1 N–H and O–H groups in total. The number of carbonyl (C=O) groups is 2. The zero-order valence-electron chi connectivity index (χ0n) is 8.78. The summed E-state index contributed by atoms with van der Waals surface area (Å²) in [5.41, 5.74) is 0. The van der Waals surface area contributed by atoms with Crippen molar-refractivity contribution in [3.05, 3.63) is 25.3 Å². The van der Waals surface area contributed by atoms with Crippen LogP contribution in [-0.4, -0.2) is 36.6 Å². The highest BCUT2D eigenvalue weighted by Crippen LogP contribution is 1.96. The average molecular weight is 292 g/mol. The van der Waals surface area contributed by atoms with E-state index in [-0.39, 0.29) is 18.5 Å². The van der Waals surface area contributed by atoms with Crippen molar-refractivity contribution in [2.24, 2.45) is 0 Å². The van der Waals surface area contributed by atoms with Gasteiger partial charge in [-0.1, -0.05) is 41.2 Å². The van der Waals surface area contributed by atoms with Crippen LogP contribution in [0.5, 0.6) is 0 Å². The van der Waals surface area contributed by atoms with Crippen molar-refractivity contribution in [2.45, 2.75) is 6.04 Å². The molecule has 90 valence electrons. The third-order valence-electron chi connectivity index (χ3n) is 1.41. The Hall–Kier alpha value is -1.30. The van der Waals surface area contributed by atoms with Crippen molar-refractivity contribution in [2.75, 3.05) is 18.5 Å². The molecule has 0 aromatic heterocycles. The van der Waals surface area contributed by atoms with E-state index in [1.165, 1.54) is 12.2 Å². The molecule has 0 saturated heterocycles. The van der Waals surface area contributed by atoms with Crippen LogP contribution in [0.15, 0.2) is 25.3 Å². The fraction of sp³-hybridized carbons (Fsp3) is 0.400. The summed E-state index contributed by atoms with van der Waals surface area (Å²) in [6, 6.07) is -0.780. The molecule has 0 fully saturated rings. The second kappa shape index (κ2) is 8.96. The number of alkyl carbamates (subject to hydrolysis) is 1. The van der Waals surface area contributed by atoms with Crippen LogP contribution in [-0.2, 0) is 14.3 Å². The number of hydrogen-bond donors (Lipinski definition) is 1. The van der Waals surface area contributed by atoms with E-state index in [1.54, 1.807) is 0 Å². The number of hydrogen-bond acceptors (Lipinski definition) is 4. The topological polar surface area (TPSA) is 64.6 Å². The largest absolute Gasteiger partial charge is 0.460 e. The van der Waals surface area contributed by atoms with Gasteiger partial charge in [-0.25, -0.2) is 9.59 Å². The van der Waals surface area contributed by atoms with Crippen LogP contribution in [0.4, 0.5) is 4.79 Å². The molecule has 16 heavy (non-hydrogen) atoms. The molecule has 0 unspecified atom stereocenters. The molecule has 0 rings (SSSR count). The van der Waals surface area contributed by atoms with Gasteiger partial charge in [-0.3, -0.25) is 0 Å². The van der Waals surface area contributed by atoms with Crippen LogP contribution >= 0.6 is 15.9 Å². The van der Waals surface area contributed by atoms with E-state index in [0.29, 0.717) is 0 Å². The SMILES string of the molecule is C=CCOC(=O)N[C@H](CBr)C(=O)OCC=C. The van der Waals surface area contributed by atoms with Crippen LogP contribution in [0.2, 0.25) is 0 Å². The molecule has 1 atom stereocenters. The van der Waals surface area contributed by atoms with Gasteiger partial charge < -0.3 is 14.8 Å². The van der Waals surface area contributed by atoms with Gasteiger partial charge in [0.2, 0.25) is 0 Å². The van der Waals surface area contributed by atoms with E-state index in [2.05, 4.69) is 39.1 Å². The molecule has 0 aromatic carbocycles. The van der Waals surface area contributed by atoms with E-state index in [4.69, 9.17) is 4.74 Å². The van der Waals surface area contributed by atoms with Crippen molar-refractivity contribution in [3.8, 4) is 0 Å². The Labute approximate surface area is 103 Å². The summed E-state index contributed by atoms with van der Waals surface area (Å²) < 4.78 is 9.43. The second-order valence-electron chi connectivity index (χ2n) is 2.66. The highest BCUT2D eigenvalue weighted by molar-refractivity contribution is 9.09. The maximum absolute atomic E-state index is 11.4. The molecule has 0 saturated carbocycles. The average Bonchev–Trinajstić information content (AvgIpc) is 2.30. The molecular weight excluding hydrogens is 278 g/mol. The van der Waals surface area contributed by atoms with Crippen LogP contribution in [0, 0.1) is 0 Å². The van der Waals surface area contributed by atoms with Gasteiger partial charge in [0.1, 0.15) is 19.3 Å². The van der Waals surface area contributed by atoms with Crippen LogP contribution < -0.4 is 5.32 Å². The first-order valence-electron chi connectivity index (χ1n) is 4.53. The predicted molar refractivity (Wildman–Crippen MR) is 63.4 cm³/mol. The number of esters is 1. The Kier molecular flexibility index (Phi) is 8.24. The Morgan fingerprint density at radius 2 is 1.81 bits per heavy atom. The van der Waals surface area contributed by atoms with Gasteiger partial charge in [0.25, 0.3) is 0 Å². The van der Waals surface area contributed by atoms with Crippen molar-refractivity contribution in [3.63, 3.8) is 0 Å². The van der Waals surface area contributed by atoms with Gasteiger partial charge >= 0.3 is 12.1 Å². The van der Waals surface area contributed by atoms with Crippen molar-refractivity contribution < 1.29 is 19.1 Å². The molecule has 0 aliphatic heterocycles. The maximum atomic E-state index is 11.4. The summed E-state index contributed by atoms with van der Waals surface area (Å²) in [5.74, 6) is -0.549. The molecule has 0 spiro atoms. The van der Waals surface area contributed by atoms with E-state index < -0.39 is 18.1 Å². The molecule has 0 aliphatic carbocycles. The van der Waals surface area contributed by atoms with Crippen LogP contribution in [0.1, 0.15) is 0 Å². The van der Waals surface area contributed by atoms with Gasteiger partial charge in [0.05, 0.1) is 0 Å². The van der Waals surface area contributed by atoms with E-state index in [1.807, 2.05) is 0 Å². The van der Waals surface area contributed by atoms with Crippen molar-refractivity contribution in [1.82, 2.24) is 5.32 Å². The number of halogens is 1. The normalized spacial score (nSPS) is 11.1. The number of alkyl halides is 1. The monoisotopic (exact) mass is 291 g/mol. The minimum atomic E-state index is -0.780. The van der Waals surface area contributed by atoms with E-state index in [0.717, 1.165) is 0 Å². The minimum absolute atomic E-state index is 0.0859. The smallest absolute Gasteiger partial charge is 0.408 e. The molecule has 0 aromatic rings. The molecule has 0 aliphatic rings. The number of carbonyl (C=O) groups excluding carboxylic acids is 2. The highest BCUT2D eigenvalue weighted by Gasteiger charge is 2.21. The zero-order chi connectivity index (χ0) is 12.4. The predicted octanol–water partition coefficient (Wildman–Crippen LogP) is 1.39. The van der Waals surface area contributed by atoms with Gasteiger partial charge in [0.15, 0.2) is 0 Å². The van der Waals surface area contributed by atoms with Gasteiger partial charge in [-0.05, 0) is 0 Å². The molecule has 0 heterocycles. The fourth-order valence-electron chi connectivity index (χ4n) is 0.721. The molecule has 5 nitrogen and oxygen atoms in total. The quantitative estimate of drug-likeness (QED) is 0.437. The second-order valence-corrected chi connectivity index (χ2v) is 3.30. The Morgan fingerprint density at radius 1 is 1.25 bits per heavy atom. The standard InChI is InChI=1S/C10H14BrNO4/c1-3-5-15-9(13)8(7-11)12-10(14)16-6-4-2/h3-4,8H,1-2,5-7H2,(H,12,14)/t8-/m1/s1. The number of amides is 1. The first-order chi connectivity index (χ1) is 7.65. The molecule has 1 amide bonds. The van der Waals surface area contributed by atoms with Crippen molar-refractivity contribution >= 4 is 28.0 Å². The molecule has 6 heteroatoms. The lowest BCUT2D eigenvalue weighted by molar-refractivity contribution is -0.144. The summed E-state index contributed by atoms with van der Waals surface area (Å²) in [4.78, 5) is 22.5. The summed E-state index contributed by atoms with van der Waals surface area (Å²) in [6.45, 7) is 6.99. The van der Waals surface area contributed by atoms with Crippen LogP contribution in [0.25, 0.3) is 0 Å². The third-order valence-corrected chi connectivity index (χ3v) is 2.05. The Balaban J connectivity index is 4.06. The van der Waals surface area contributed by atoms with Crippen molar-refractivity contribution in [1.29, 1.82) is 0 Å². The number of ether oxygens (including phenoxy) is 2. The van der Waals surface area contributed by atoms with Gasteiger partial charge in [0, 0.05) is 5.33 Å². The summed E-state index contributed by atoms with van der Waals surface area (Å²) >= 11 is 3.09. The summed E-state index contributed by atoms with van der Waals surface area (Å²) in [6.07, 6.45) is 2.18.